The minimum absolute atomic E-state index is 0.103. The highest BCUT2D eigenvalue weighted by Crippen LogP contribution is 2.25. The lowest BCUT2D eigenvalue weighted by atomic mass is 10.0. The molecule has 0 radical (unpaired) electrons. The minimum atomic E-state index is -1.48. The van der Waals surface area contributed by atoms with Crippen LogP contribution in [0.1, 0.15) is 12.5 Å². The van der Waals surface area contributed by atoms with E-state index in [0.29, 0.717) is 11.3 Å². The number of para-hydroxylation sites is 1. The normalized spacial score (nSPS) is 16.0. The standard InChI is InChI=1S/C15H17NO5/c1-15(9-20-2,14(18)19)16-13(17)11-7-10-5-3-4-6-12(10)21-8-11/h3-7H,8-9H2,1-2H3,(H,16,17)(H,18,19). The first kappa shape index (κ1) is 15.1. The fourth-order valence-electron chi connectivity index (χ4n) is 2.02. The van der Waals surface area contributed by atoms with Gasteiger partial charge in [0.2, 0.25) is 0 Å². The van der Waals surface area contributed by atoms with Gasteiger partial charge in [-0.05, 0) is 19.1 Å². The summed E-state index contributed by atoms with van der Waals surface area (Å²) < 4.78 is 10.4. The maximum Gasteiger partial charge on any atom is 0.331 e. The number of carbonyl (C=O) groups excluding carboxylic acids is 1. The first-order chi connectivity index (χ1) is 9.96. The van der Waals surface area contributed by atoms with Gasteiger partial charge in [-0.1, -0.05) is 18.2 Å². The summed E-state index contributed by atoms with van der Waals surface area (Å²) in [6.07, 6.45) is 1.70. The number of carboxylic acid groups (broad SMARTS) is 1. The van der Waals surface area contributed by atoms with Crippen molar-refractivity contribution in [1.29, 1.82) is 0 Å². The molecule has 1 atom stereocenters. The Balaban J connectivity index is 2.18. The number of fused-ring (bicyclic) bond motifs is 1. The van der Waals surface area contributed by atoms with Crippen molar-refractivity contribution in [3.05, 3.63) is 35.4 Å². The molecule has 2 N–H and O–H groups in total. The van der Waals surface area contributed by atoms with Gasteiger partial charge in [-0.15, -0.1) is 0 Å². The third-order valence-electron chi connectivity index (χ3n) is 3.22. The number of amides is 1. The molecule has 1 unspecified atom stereocenters. The van der Waals surface area contributed by atoms with E-state index in [-0.39, 0.29) is 13.2 Å². The second-order valence-corrected chi connectivity index (χ2v) is 5.02. The molecule has 0 bridgehead atoms. The van der Waals surface area contributed by atoms with Gasteiger partial charge >= 0.3 is 5.97 Å². The fourth-order valence-corrected chi connectivity index (χ4v) is 2.02. The summed E-state index contributed by atoms with van der Waals surface area (Å²) in [6.45, 7) is 1.37. The molecule has 1 aromatic carbocycles. The summed E-state index contributed by atoms with van der Waals surface area (Å²) in [5, 5.41) is 11.7. The average molecular weight is 291 g/mol. The number of hydrogen-bond acceptors (Lipinski definition) is 4. The predicted octanol–water partition coefficient (Wildman–Crippen LogP) is 1.07. The first-order valence-electron chi connectivity index (χ1n) is 6.43. The van der Waals surface area contributed by atoms with Crippen molar-refractivity contribution in [1.82, 2.24) is 5.32 Å². The van der Waals surface area contributed by atoms with Crippen molar-refractivity contribution >= 4 is 18.0 Å². The molecule has 0 aromatic heterocycles. The Bertz CT molecular complexity index is 595. The number of hydrogen-bond donors (Lipinski definition) is 2. The number of carboxylic acids is 1. The molecule has 112 valence electrons. The second-order valence-electron chi connectivity index (χ2n) is 5.02. The third-order valence-corrected chi connectivity index (χ3v) is 3.22. The van der Waals surface area contributed by atoms with Crippen LogP contribution < -0.4 is 10.1 Å². The van der Waals surface area contributed by atoms with Gasteiger partial charge in [0, 0.05) is 12.7 Å². The van der Waals surface area contributed by atoms with Crippen LogP contribution >= 0.6 is 0 Å². The zero-order valence-electron chi connectivity index (χ0n) is 11.9. The molecule has 21 heavy (non-hydrogen) atoms. The van der Waals surface area contributed by atoms with E-state index < -0.39 is 17.4 Å². The van der Waals surface area contributed by atoms with E-state index in [4.69, 9.17) is 9.47 Å². The Morgan fingerprint density at radius 3 is 2.81 bits per heavy atom. The number of aliphatic carboxylic acids is 1. The first-order valence-corrected chi connectivity index (χ1v) is 6.43. The van der Waals surface area contributed by atoms with Crippen LogP contribution in [0.2, 0.25) is 0 Å². The highest BCUT2D eigenvalue weighted by Gasteiger charge is 2.36. The summed E-state index contributed by atoms with van der Waals surface area (Å²) in [7, 11) is 1.38. The molecule has 1 aliphatic heterocycles. The molecule has 0 fully saturated rings. The highest BCUT2D eigenvalue weighted by atomic mass is 16.5. The summed E-state index contributed by atoms with van der Waals surface area (Å²) in [5.41, 5.74) is -0.321. The van der Waals surface area contributed by atoms with Crippen LogP contribution in [0.5, 0.6) is 5.75 Å². The zero-order valence-corrected chi connectivity index (χ0v) is 11.9. The zero-order chi connectivity index (χ0) is 15.5. The van der Waals surface area contributed by atoms with Crippen LogP contribution in [0, 0.1) is 0 Å². The van der Waals surface area contributed by atoms with Crippen molar-refractivity contribution in [2.75, 3.05) is 20.3 Å². The van der Waals surface area contributed by atoms with E-state index in [1.165, 1.54) is 14.0 Å². The number of rotatable bonds is 5. The van der Waals surface area contributed by atoms with Crippen molar-refractivity contribution < 1.29 is 24.2 Å². The van der Waals surface area contributed by atoms with E-state index in [1.807, 2.05) is 24.3 Å². The van der Waals surface area contributed by atoms with Crippen LogP contribution in [0.4, 0.5) is 0 Å². The molecule has 1 aliphatic rings. The Kier molecular flexibility index (Phi) is 4.28. The van der Waals surface area contributed by atoms with E-state index in [1.54, 1.807) is 6.08 Å². The number of ether oxygens (including phenoxy) is 2. The number of benzene rings is 1. The van der Waals surface area contributed by atoms with Crippen molar-refractivity contribution in [3.8, 4) is 5.75 Å². The molecular formula is C15H17NO5. The number of methoxy groups -OCH3 is 1. The number of nitrogens with one attached hydrogen (secondary N) is 1. The van der Waals surface area contributed by atoms with E-state index >= 15 is 0 Å². The molecule has 6 heteroatoms. The Labute approximate surface area is 122 Å². The van der Waals surface area contributed by atoms with Crippen LogP contribution in [-0.4, -0.2) is 42.8 Å². The molecule has 2 rings (SSSR count). The number of carbonyl (C=O) groups is 2. The summed E-state index contributed by atoms with van der Waals surface area (Å²) in [5.74, 6) is -0.936. The maximum absolute atomic E-state index is 12.2. The van der Waals surface area contributed by atoms with Crippen molar-refractivity contribution in [2.45, 2.75) is 12.5 Å². The van der Waals surface area contributed by atoms with Gasteiger partial charge < -0.3 is 19.9 Å². The van der Waals surface area contributed by atoms with Crippen molar-refractivity contribution in [3.63, 3.8) is 0 Å². The molecule has 0 saturated heterocycles. The van der Waals surface area contributed by atoms with Gasteiger partial charge in [0.05, 0.1) is 12.2 Å². The molecule has 1 amide bonds. The third kappa shape index (κ3) is 3.22. The summed E-state index contributed by atoms with van der Waals surface area (Å²) in [6, 6.07) is 7.32. The second kappa shape index (κ2) is 5.97. The van der Waals surface area contributed by atoms with Crippen LogP contribution in [0.25, 0.3) is 6.08 Å². The SMILES string of the molecule is COCC(C)(NC(=O)C1=Cc2ccccc2OC1)C(=O)O. The van der Waals surface area contributed by atoms with Gasteiger partial charge in [0.15, 0.2) is 5.54 Å². The largest absolute Gasteiger partial charge is 0.488 e. The van der Waals surface area contributed by atoms with Gasteiger partial charge in [-0.3, -0.25) is 4.79 Å². The van der Waals surface area contributed by atoms with Gasteiger partial charge in [-0.2, -0.15) is 0 Å². The minimum Gasteiger partial charge on any atom is -0.488 e. The molecular weight excluding hydrogens is 274 g/mol. The lowest BCUT2D eigenvalue weighted by Crippen LogP contribution is -2.56. The highest BCUT2D eigenvalue weighted by molar-refractivity contribution is 6.01. The van der Waals surface area contributed by atoms with Crippen LogP contribution in [-0.2, 0) is 14.3 Å². The van der Waals surface area contributed by atoms with Gasteiger partial charge in [-0.25, -0.2) is 4.79 Å². The topological polar surface area (TPSA) is 84.9 Å². The van der Waals surface area contributed by atoms with Crippen LogP contribution in [0.15, 0.2) is 29.8 Å². The van der Waals surface area contributed by atoms with Crippen LogP contribution in [0.3, 0.4) is 0 Å². The fraction of sp³-hybridized carbons (Fsp3) is 0.333. The quantitative estimate of drug-likeness (QED) is 0.847. The lowest BCUT2D eigenvalue weighted by Gasteiger charge is -2.26. The monoisotopic (exact) mass is 291 g/mol. The molecule has 1 aromatic rings. The lowest BCUT2D eigenvalue weighted by molar-refractivity contribution is -0.148. The predicted molar refractivity (Wildman–Crippen MR) is 76.0 cm³/mol. The maximum atomic E-state index is 12.2. The smallest absolute Gasteiger partial charge is 0.331 e. The molecule has 0 aliphatic carbocycles. The van der Waals surface area contributed by atoms with Crippen molar-refractivity contribution in [2.24, 2.45) is 0 Å². The van der Waals surface area contributed by atoms with E-state index in [9.17, 15) is 14.7 Å². The molecule has 0 spiro atoms. The summed E-state index contributed by atoms with van der Waals surface area (Å²) >= 11 is 0. The Hall–Kier alpha value is -2.34. The summed E-state index contributed by atoms with van der Waals surface area (Å²) in [4.78, 5) is 23.5. The molecule has 6 nitrogen and oxygen atoms in total. The Morgan fingerprint density at radius 1 is 1.43 bits per heavy atom. The van der Waals surface area contributed by atoms with E-state index in [2.05, 4.69) is 5.32 Å². The van der Waals surface area contributed by atoms with E-state index in [0.717, 1.165) is 5.56 Å². The van der Waals surface area contributed by atoms with Gasteiger partial charge in [0.25, 0.3) is 5.91 Å². The average Bonchev–Trinajstić information content (AvgIpc) is 2.46. The Morgan fingerprint density at radius 2 is 2.14 bits per heavy atom. The van der Waals surface area contributed by atoms with Gasteiger partial charge in [0.1, 0.15) is 12.4 Å². The molecule has 1 heterocycles. The molecule has 0 saturated carbocycles.